The van der Waals surface area contributed by atoms with E-state index in [2.05, 4.69) is 31.3 Å². The Kier molecular flexibility index (Phi) is 13.5. The second-order valence-electron chi connectivity index (χ2n) is 10.3. The van der Waals surface area contributed by atoms with Gasteiger partial charge in [0.2, 0.25) is 23.5 Å². The van der Waals surface area contributed by atoms with E-state index in [1.54, 1.807) is 35.0 Å². The normalized spacial score (nSPS) is 11.8. The van der Waals surface area contributed by atoms with Crippen molar-refractivity contribution in [2.24, 2.45) is 22.2 Å². The number of carboxylic acid groups (broad SMARTS) is 1. The van der Waals surface area contributed by atoms with Crippen LogP contribution in [0.5, 0.6) is 23.0 Å². The van der Waals surface area contributed by atoms with Crippen molar-refractivity contribution in [2.75, 3.05) is 46.8 Å². The lowest BCUT2D eigenvalue weighted by atomic mass is 10.1. The molecular weight excluding hydrogens is 644 g/mol. The van der Waals surface area contributed by atoms with Gasteiger partial charge >= 0.3 is 5.97 Å². The Balaban J connectivity index is 1.88. The molecule has 19 nitrogen and oxygen atoms in total. The molecule has 2 atom stereocenters. The number of benzene rings is 2. The molecule has 0 radical (unpaired) electrons. The molecule has 2 aromatic carbocycles. The summed E-state index contributed by atoms with van der Waals surface area (Å²) in [5.41, 5.74) is 18.3. The van der Waals surface area contributed by atoms with Gasteiger partial charge in [-0.25, -0.2) is 4.68 Å². The monoisotopic (exact) mass is 684 g/mol. The largest absolute Gasteiger partial charge is 0.495 e. The van der Waals surface area contributed by atoms with Crippen LogP contribution in [0.15, 0.2) is 41.5 Å². The van der Waals surface area contributed by atoms with Crippen LogP contribution in [0.4, 0.5) is 5.69 Å². The number of carbonyl (C=O) groups excluding carboxylic acids is 3. The number of methoxy groups -OCH3 is 4. The molecule has 2 unspecified atom stereocenters. The molecule has 3 rings (SSSR count). The van der Waals surface area contributed by atoms with E-state index in [0.29, 0.717) is 46.4 Å². The number of guanidine groups is 1. The van der Waals surface area contributed by atoms with Crippen molar-refractivity contribution in [1.29, 1.82) is 0 Å². The summed E-state index contributed by atoms with van der Waals surface area (Å²) in [6.07, 6.45) is 1.33. The highest BCUT2D eigenvalue weighted by Crippen LogP contribution is 2.40. The number of rotatable bonds is 18. The highest BCUT2D eigenvalue weighted by Gasteiger charge is 2.24. The first-order chi connectivity index (χ1) is 23.4. The number of aromatic nitrogens is 3. The minimum Gasteiger partial charge on any atom is -0.495 e. The third kappa shape index (κ3) is 10.2. The van der Waals surface area contributed by atoms with Crippen molar-refractivity contribution in [2.45, 2.75) is 31.3 Å². The van der Waals surface area contributed by atoms with Crippen molar-refractivity contribution in [3.8, 4) is 39.9 Å². The number of carboxylic acids is 1. The Hall–Kier alpha value is -6.11. The molecule has 10 N–H and O–H groups in total. The molecule has 3 amide bonds. The summed E-state index contributed by atoms with van der Waals surface area (Å²) >= 11 is 0. The molecular formula is C30H40N10O9. The van der Waals surface area contributed by atoms with E-state index in [4.69, 9.17) is 41.3 Å². The number of aliphatic imine (C=N–C) groups is 1. The van der Waals surface area contributed by atoms with Crippen LogP contribution in [-0.2, 0) is 19.2 Å². The van der Waals surface area contributed by atoms with Crippen LogP contribution in [-0.4, -0.2) is 103 Å². The SMILES string of the molecule is COc1ccc(-c2cnnn2-c2cc(OC)c(OC)c(OC)c2)cc1NC(=O)C(CCCN=C(N)N)NC(=O)CNC(=O)C(N)CC(=O)O. The number of hydrogen-bond donors (Lipinski definition) is 7. The van der Waals surface area contributed by atoms with Crippen molar-refractivity contribution in [3.05, 3.63) is 36.5 Å². The number of ether oxygens (including phenoxy) is 4. The van der Waals surface area contributed by atoms with Gasteiger partial charge in [0.25, 0.3) is 0 Å². The van der Waals surface area contributed by atoms with E-state index < -0.39 is 48.7 Å². The van der Waals surface area contributed by atoms with E-state index in [0.717, 1.165) is 0 Å². The van der Waals surface area contributed by atoms with Crippen molar-refractivity contribution in [1.82, 2.24) is 25.6 Å². The van der Waals surface area contributed by atoms with Gasteiger partial charge in [0, 0.05) is 24.2 Å². The number of amides is 3. The number of hydrogen-bond acceptors (Lipinski definition) is 12. The molecule has 49 heavy (non-hydrogen) atoms. The lowest BCUT2D eigenvalue weighted by molar-refractivity contribution is -0.139. The van der Waals surface area contributed by atoms with Gasteiger partial charge in [-0.3, -0.25) is 24.2 Å². The van der Waals surface area contributed by atoms with Crippen molar-refractivity contribution in [3.63, 3.8) is 0 Å². The first-order valence-corrected chi connectivity index (χ1v) is 14.7. The maximum absolute atomic E-state index is 13.6. The Morgan fingerprint density at radius 3 is 2.22 bits per heavy atom. The molecule has 0 spiro atoms. The van der Waals surface area contributed by atoms with Crippen LogP contribution in [0, 0.1) is 0 Å². The van der Waals surface area contributed by atoms with Gasteiger partial charge in [-0.1, -0.05) is 5.21 Å². The van der Waals surface area contributed by atoms with E-state index >= 15 is 0 Å². The molecule has 1 heterocycles. The zero-order chi connectivity index (χ0) is 36.1. The zero-order valence-electron chi connectivity index (χ0n) is 27.4. The summed E-state index contributed by atoms with van der Waals surface area (Å²) in [5.74, 6) is -2.07. The number of aliphatic carboxylic acids is 1. The number of nitrogens with two attached hydrogens (primary N) is 3. The van der Waals surface area contributed by atoms with Gasteiger partial charge in [-0.2, -0.15) is 0 Å². The highest BCUT2D eigenvalue weighted by molar-refractivity contribution is 5.99. The average molecular weight is 685 g/mol. The van der Waals surface area contributed by atoms with E-state index in [9.17, 15) is 19.2 Å². The summed E-state index contributed by atoms with van der Waals surface area (Å²) in [5, 5.41) is 24.8. The van der Waals surface area contributed by atoms with Crippen molar-refractivity contribution >= 4 is 35.3 Å². The van der Waals surface area contributed by atoms with E-state index in [1.807, 2.05) is 0 Å². The second kappa shape index (κ2) is 17.7. The number of carbonyl (C=O) groups is 4. The topological polar surface area (TPSA) is 283 Å². The van der Waals surface area contributed by atoms with E-state index in [-0.39, 0.29) is 24.6 Å². The molecule has 0 saturated carbocycles. The summed E-state index contributed by atoms with van der Waals surface area (Å²) in [6.45, 7) is -0.375. The molecule has 1 aromatic heterocycles. The second-order valence-corrected chi connectivity index (χ2v) is 10.3. The minimum atomic E-state index is -1.36. The molecule has 264 valence electrons. The lowest BCUT2D eigenvalue weighted by Crippen LogP contribution is -2.50. The van der Waals surface area contributed by atoms with Gasteiger partial charge in [0.05, 0.1) is 70.7 Å². The first-order valence-electron chi connectivity index (χ1n) is 14.7. The Bertz CT molecular complexity index is 1650. The smallest absolute Gasteiger partial charge is 0.305 e. The molecule has 0 aliphatic rings. The number of nitrogens with zero attached hydrogens (tertiary/aromatic N) is 4. The molecule has 0 saturated heterocycles. The highest BCUT2D eigenvalue weighted by atomic mass is 16.5. The summed E-state index contributed by atoms with van der Waals surface area (Å²) in [6, 6.07) is 5.96. The van der Waals surface area contributed by atoms with Crippen LogP contribution in [0.1, 0.15) is 19.3 Å². The molecule has 0 aliphatic carbocycles. The Labute approximate surface area is 281 Å². The summed E-state index contributed by atoms with van der Waals surface area (Å²) < 4.78 is 23.4. The van der Waals surface area contributed by atoms with Gasteiger partial charge in [0.1, 0.15) is 11.8 Å². The third-order valence-corrected chi connectivity index (χ3v) is 6.95. The van der Waals surface area contributed by atoms with Crippen LogP contribution in [0.2, 0.25) is 0 Å². The van der Waals surface area contributed by atoms with E-state index in [1.165, 1.54) is 34.6 Å². The Morgan fingerprint density at radius 2 is 1.63 bits per heavy atom. The zero-order valence-corrected chi connectivity index (χ0v) is 27.4. The fourth-order valence-electron chi connectivity index (χ4n) is 4.59. The van der Waals surface area contributed by atoms with Crippen LogP contribution < -0.4 is 52.1 Å². The van der Waals surface area contributed by atoms with Gasteiger partial charge in [0.15, 0.2) is 17.5 Å². The molecule has 0 bridgehead atoms. The fraction of sp³-hybridized carbons (Fsp3) is 0.367. The molecule has 0 fully saturated rings. The summed E-state index contributed by atoms with van der Waals surface area (Å²) in [7, 11) is 5.91. The maximum atomic E-state index is 13.6. The molecule has 19 heteroatoms. The van der Waals surface area contributed by atoms with Crippen LogP contribution in [0.3, 0.4) is 0 Å². The first kappa shape index (κ1) is 37.3. The van der Waals surface area contributed by atoms with Crippen molar-refractivity contribution < 1.29 is 43.2 Å². The Morgan fingerprint density at radius 1 is 0.959 bits per heavy atom. The molecule has 3 aromatic rings. The third-order valence-electron chi connectivity index (χ3n) is 6.95. The predicted octanol–water partition coefficient (Wildman–Crippen LogP) is -0.636. The van der Waals surface area contributed by atoms with Gasteiger partial charge in [-0.15, -0.1) is 5.10 Å². The van der Waals surface area contributed by atoms with Gasteiger partial charge < -0.3 is 57.2 Å². The maximum Gasteiger partial charge on any atom is 0.305 e. The van der Waals surface area contributed by atoms with Crippen LogP contribution in [0.25, 0.3) is 16.9 Å². The molecule has 0 aliphatic heterocycles. The fourth-order valence-corrected chi connectivity index (χ4v) is 4.59. The minimum absolute atomic E-state index is 0.112. The number of nitrogens with one attached hydrogen (secondary N) is 3. The average Bonchev–Trinajstić information content (AvgIpc) is 3.57. The van der Waals surface area contributed by atoms with Crippen LogP contribution >= 0.6 is 0 Å². The summed E-state index contributed by atoms with van der Waals surface area (Å²) in [4.78, 5) is 53.2. The predicted molar refractivity (Wildman–Crippen MR) is 177 cm³/mol. The quantitative estimate of drug-likeness (QED) is 0.0499. The lowest BCUT2D eigenvalue weighted by Gasteiger charge is -2.20. The standard InChI is InChI=1S/C30H40N10O9/c1-46-22-8-7-16(21-14-36-39-40(21)17-11-23(47-2)27(49-4)24(12-17)48-3)10-20(22)38-29(45)19(6-5-9-34-30(32)33)37-25(41)15-35-28(44)18(31)13-26(42)43/h7-8,10-12,14,18-19H,5-6,9,13,15,31H2,1-4H3,(H,35,44)(H,37,41)(H,38,45)(H,42,43)(H4,32,33,34). The number of anilines is 1. The van der Waals surface area contributed by atoms with Gasteiger partial charge in [-0.05, 0) is 31.0 Å².